The van der Waals surface area contributed by atoms with E-state index in [4.69, 9.17) is 4.74 Å². The maximum absolute atomic E-state index is 11.7. The molecule has 0 aromatic heterocycles. The molecule has 0 aliphatic rings. The lowest BCUT2D eigenvalue weighted by Crippen LogP contribution is -2.14. The molecule has 0 spiro atoms. The van der Waals surface area contributed by atoms with E-state index >= 15 is 0 Å². The Labute approximate surface area is 143 Å². The van der Waals surface area contributed by atoms with Crippen molar-refractivity contribution in [3.8, 4) is 5.75 Å². The first-order valence-corrected chi connectivity index (χ1v) is 8.43. The molecule has 0 aliphatic carbocycles. The quantitative estimate of drug-likeness (QED) is 0.486. The molecule has 0 saturated heterocycles. The Bertz CT molecular complexity index is 530. The van der Waals surface area contributed by atoms with Crippen LogP contribution >= 0.6 is 0 Å². The summed E-state index contributed by atoms with van der Waals surface area (Å²) >= 11 is 0. The lowest BCUT2D eigenvalue weighted by molar-refractivity contribution is 0.0597. The van der Waals surface area contributed by atoms with Gasteiger partial charge in [-0.05, 0) is 18.6 Å². The van der Waals surface area contributed by atoms with E-state index in [1.807, 2.05) is 0 Å². The average Bonchev–Trinajstić information content (AvgIpc) is 2.56. The van der Waals surface area contributed by atoms with Crippen LogP contribution in [0.3, 0.4) is 0 Å². The molecule has 0 aliphatic heterocycles. The highest BCUT2D eigenvalue weighted by Crippen LogP contribution is 2.22. The maximum Gasteiger partial charge on any atom is 0.411 e. The predicted molar refractivity (Wildman–Crippen MR) is 92.4 cm³/mol. The molecule has 0 radical (unpaired) electrons. The zero-order valence-corrected chi connectivity index (χ0v) is 14.5. The van der Waals surface area contributed by atoms with Crippen LogP contribution in [0.2, 0.25) is 0 Å². The third-order valence-corrected chi connectivity index (χ3v) is 3.63. The van der Waals surface area contributed by atoms with Gasteiger partial charge in [0.25, 0.3) is 0 Å². The van der Waals surface area contributed by atoms with Crippen molar-refractivity contribution >= 4 is 17.7 Å². The first kappa shape index (κ1) is 19.8. The van der Waals surface area contributed by atoms with Crippen LogP contribution in [0.15, 0.2) is 18.2 Å². The van der Waals surface area contributed by atoms with E-state index in [-0.39, 0.29) is 11.3 Å². The fourth-order valence-corrected chi connectivity index (χ4v) is 2.27. The average molecular weight is 337 g/mol. The van der Waals surface area contributed by atoms with E-state index in [2.05, 4.69) is 17.0 Å². The minimum absolute atomic E-state index is 0.0412. The number of ether oxygens (including phenoxy) is 2. The summed E-state index contributed by atoms with van der Waals surface area (Å²) < 4.78 is 9.62. The number of anilines is 1. The zero-order valence-electron chi connectivity index (χ0n) is 14.5. The summed E-state index contributed by atoms with van der Waals surface area (Å²) in [7, 11) is 1.23. The van der Waals surface area contributed by atoms with Gasteiger partial charge in [-0.25, -0.2) is 9.59 Å². The van der Waals surface area contributed by atoms with Crippen LogP contribution in [0, 0.1) is 0 Å². The van der Waals surface area contributed by atoms with E-state index in [9.17, 15) is 14.7 Å². The molecule has 0 bridgehead atoms. The molecule has 0 unspecified atom stereocenters. The monoisotopic (exact) mass is 337 g/mol. The van der Waals surface area contributed by atoms with Gasteiger partial charge in [0.2, 0.25) is 0 Å². The Morgan fingerprint density at radius 1 is 1.08 bits per heavy atom. The van der Waals surface area contributed by atoms with Crippen molar-refractivity contribution in [1.82, 2.24) is 0 Å². The van der Waals surface area contributed by atoms with Gasteiger partial charge in [0.15, 0.2) is 0 Å². The number of unbranched alkanes of at least 4 members (excludes halogenated alkanes) is 6. The first-order valence-electron chi connectivity index (χ1n) is 8.43. The van der Waals surface area contributed by atoms with Gasteiger partial charge in [-0.1, -0.05) is 45.4 Å². The third-order valence-electron chi connectivity index (χ3n) is 3.63. The molecular weight excluding hydrogens is 310 g/mol. The highest BCUT2D eigenvalue weighted by Gasteiger charge is 2.12. The second kappa shape index (κ2) is 11.3. The fourth-order valence-electron chi connectivity index (χ4n) is 2.27. The third kappa shape index (κ3) is 7.35. The highest BCUT2D eigenvalue weighted by atomic mass is 16.5. The topological polar surface area (TPSA) is 84.9 Å². The van der Waals surface area contributed by atoms with E-state index in [0.29, 0.717) is 12.3 Å². The molecule has 1 aromatic carbocycles. The lowest BCUT2D eigenvalue weighted by atomic mass is 10.1. The number of methoxy groups -OCH3 is 1. The number of amides is 1. The molecule has 6 heteroatoms. The predicted octanol–water partition coefficient (Wildman–Crippen LogP) is 4.48. The molecule has 1 aromatic rings. The summed E-state index contributed by atoms with van der Waals surface area (Å²) in [5, 5.41) is 12.3. The Morgan fingerprint density at radius 2 is 1.75 bits per heavy atom. The first-order chi connectivity index (χ1) is 11.6. The van der Waals surface area contributed by atoms with Crippen molar-refractivity contribution in [2.45, 2.75) is 51.9 Å². The lowest BCUT2D eigenvalue weighted by Gasteiger charge is -2.09. The summed E-state index contributed by atoms with van der Waals surface area (Å²) in [6.07, 6.45) is 7.48. The minimum Gasteiger partial charge on any atom is -0.507 e. The second-order valence-electron chi connectivity index (χ2n) is 5.61. The number of rotatable bonds is 10. The van der Waals surface area contributed by atoms with Gasteiger partial charge in [0.05, 0.1) is 13.7 Å². The van der Waals surface area contributed by atoms with E-state index in [0.717, 1.165) is 19.3 Å². The van der Waals surface area contributed by atoms with Crippen LogP contribution < -0.4 is 5.32 Å². The van der Waals surface area contributed by atoms with Crippen molar-refractivity contribution in [2.75, 3.05) is 19.0 Å². The number of carbonyl (C=O) groups is 2. The van der Waals surface area contributed by atoms with Crippen LogP contribution in [-0.2, 0) is 9.47 Å². The zero-order chi connectivity index (χ0) is 17.8. The van der Waals surface area contributed by atoms with Gasteiger partial charge in [-0.15, -0.1) is 0 Å². The fraction of sp³-hybridized carbons (Fsp3) is 0.556. The van der Waals surface area contributed by atoms with Crippen molar-refractivity contribution in [3.63, 3.8) is 0 Å². The van der Waals surface area contributed by atoms with Gasteiger partial charge in [-0.3, -0.25) is 5.32 Å². The van der Waals surface area contributed by atoms with Crippen molar-refractivity contribution in [3.05, 3.63) is 23.8 Å². The van der Waals surface area contributed by atoms with Crippen LogP contribution in [0.25, 0.3) is 0 Å². The number of hydrogen-bond acceptors (Lipinski definition) is 5. The van der Waals surface area contributed by atoms with E-state index in [1.165, 1.54) is 51.0 Å². The van der Waals surface area contributed by atoms with Crippen LogP contribution in [-0.4, -0.2) is 30.9 Å². The number of nitrogens with one attached hydrogen (secondary N) is 1. The summed E-state index contributed by atoms with van der Waals surface area (Å²) in [6.45, 7) is 2.56. The van der Waals surface area contributed by atoms with Gasteiger partial charge in [-0.2, -0.15) is 0 Å². The Morgan fingerprint density at radius 3 is 2.38 bits per heavy atom. The van der Waals surface area contributed by atoms with Crippen LogP contribution in [0.1, 0.15) is 62.2 Å². The molecule has 6 nitrogen and oxygen atoms in total. The molecule has 1 amide bonds. The molecule has 0 fully saturated rings. The number of phenolic OH excluding ortho intramolecular Hbond substituents is 1. The van der Waals surface area contributed by atoms with Crippen LogP contribution in [0.5, 0.6) is 5.75 Å². The Balaban J connectivity index is 2.25. The molecule has 24 heavy (non-hydrogen) atoms. The normalized spacial score (nSPS) is 10.2. The SMILES string of the molecule is CCCCCCCCCOC(=O)Nc1ccc(C(=O)OC)c(O)c1. The Hall–Kier alpha value is -2.24. The van der Waals surface area contributed by atoms with Gasteiger partial charge < -0.3 is 14.6 Å². The Kier molecular flexibility index (Phi) is 9.34. The van der Waals surface area contributed by atoms with Crippen molar-refractivity contribution in [2.24, 2.45) is 0 Å². The van der Waals surface area contributed by atoms with Crippen molar-refractivity contribution in [1.29, 1.82) is 0 Å². The highest BCUT2D eigenvalue weighted by molar-refractivity contribution is 5.94. The maximum atomic E-state index is 11.7. The van der Waals surface area contributed by atoms with E-state index < -0.39 is 12.1 Å². The smallest absolute Gasteiger partial charge is 0.411 e. The number of phenols is 1. The molecule has 0 heterocycles. The summed E-state index contributed by atoms with van der Waals surface area (Å²) in [5.74, 6) is -0.896. The number of carbonyl (C=O) groups excluding carboxylic acids is 2. The van der Waals surface area contributed by atoms with Gasteiger partial charge >= 0.3 is 12.1 Å². The summed E-state index contributed by atoms with van der Waals surface area (Å²) in [6, 6.07) is 4.16. The minimum atomic E-state index is -0.638. The standard InChI is InChI=1S/C18H27NO5/c1-3-4-5-6-7-8-9-12-24-18(22)19-14-10-11-15(16(20)13-14)17(21)23-2/h10-11,13,20H,3-9,12H2,1-2H3,(H,19,22). The van der Waals surface area contributed by atoms with Gasteiger partial charge in [0.1, 0.15) is 11.3 Å². The molecular formula is C18H27NO5. The van der Waals surface area contributed by atoms with Gasteiger partial charge in [0, 0.05) is 11.8 Å². The summed E-state index contributed by atoms with van der Waals surface area (Å²) in [4.78, 5) is 23.0. The molecule has 0 saturated carbocycles. The molecule has 134 valence electrons. The van der Waals surface area contributed by atoms with Crippen molar-refractivity contribution < 1.29 is 24.2 Å². The van der Waals surface area contributed by atoms with Crippen LogP contribution in [0.4, 0.5) is 10.5 Å². The number of aromatic hydroxyl groups is 1. The summed E-state index contributed by atoms with van der Waals surface area (Å²) in [5.41, 5.74) is 0.393. The second-order valence-corrected chi connectivity index (χ2v) is 5.61. The molecule has 1 rings (SSSR count). The number of hydrogen-bond donors (Lipinski definition) is 2. The number of esters is 1. The molecule has 2 N–H and O–H groups in total. The largest absolute Gasteiger partial charge is 0.507 e. The number of benzene rings is 1. The molecule has 0 atom stereocenters. The van der Waals surface area contributed by atoms with E-state index in [1.54, 1.807) is 0 Å².